The second-order valence-electron chi connectivity index (χ2n) is 7.33. The number of rotatable bonds is 2. The Morgan fingerprint density at radius 3 is 2.96 bits per heavy atom. The zero-order valence-corrected chi connectivity index (χ0v) is 14.3. The normalized spacial score (nSPS) is 26.3. The van der Waals surface area contributed by atoms with Crippen molar-refractivity contribution in [3.8, 4) is 0 Å². The van der Waals surface area contributed by atoms with Gasteiger partial charge in [-0.1, -0.05) is 11.2 Å². The lowest BCUT2D eigenvalue weighted by molar-refractivity contribution is -0.117. The minimum atomic E-state index is -0.421. The summed E-state index contributed by atoms with van der Waals surface area (Å²) in [5, 5.41) is 6.81. The Kier molecular flexibility index (Phi) is 3.51. The van der Waals surface area contributed by atoms with E-state index in [9.17, 15) is 9.59 Å². The topological polar surface area (TPSA) is 84.6 Å². The number of carbonyl (C=O) groups is 2. The van der Waals surface area contributed by atoms with Crippen LogP contribution in [0.15, 0.2) is 50.7 Å². The van der Waals surface area contributed by atoms with E-state index in [0.717, 1.165) is 55.6 Å². The van der Waals surface area contributed by atoms with E-state index in [1.807, 2.05) is 12.2 Å². The fourth-order valence-electron chi connectivity index (χ4n) is 3.95. The first kappa shape index (κ1) is 15.5. The fourth-order valence-corrected chi connectivity index (χ4v) is 3.95. The Morgan fingerprint density at radius 1 is 1.27 bits per heavy atom. The molecule has 6 heteroatoms. The van der Waals surface area contributed by atoms with Gasteiger partial charge in [-0.25, -0.2) is 4.99 Å². The molecule has 1 N–H and O–H groups in total. The Hall–Kier alpha value is -2.76. The van der Waals surface area contributed by atoms with Crippen LogP contribution in [0.5, 0.6) is 0 Å². The van der Waals surface area contributed by atoms with Gasteiger partial charge in [0.1, 0.15) is 5.76 Å². The van der Waals surface area contributed by atoms with E-state index in [4.69, 9.17) is 4.52 Å². The summed E-state index contributed by atoms with van der Waals surface area (Å²) < 4.78 is 5.22. The van der Waals surface area contributed by atoms with Gasteiger partial charge < -0.3 is 9.84 Å². The molecule has 0 aromatic carbocycles. The van der Waals surface area contributed by atoms with Crippen LogP contribution in [0.3, 0.4) is 0 Å². The van der Waals surface area contributed by atoms with Crippen molar-refractivity contribution >= 4 is 17.5 Å². The maximum absolute atomic E-state index is 12.4. The molecule has 3 aliphatic carbocycles. The minimum Gasteiger partial charge on any atom is -0.360 e. The first-order valence-corrected chi connectivity index (χ1v) is 9.22. The molecule has 4 aliphatic rings. The highest BCUT2D eigenvalue weighted by Crippen LogP contribution is 2.40. The molecule has 6 nitrogen and oxygen atoms in total. The van der Waals surface area contributed by atoms with Crippen LogP contribution in [0.1, 0.15) is 60.7 Å². The van der Waals surface area contributed by atoms with Gasteiger partial charge in [-0.2, -0.15) is 0 Å². The zero-order valence-electron chi connectivity index (χ0n) is 14.3. The molecule has 1 unspecified atom stereocenters. The van der Waals surface area contributed by atoms with Crippen molar-refractivity contribution in [2.45, 2.75) is 44.4 Å². The second kappa shape index (κ2) is 5.90. The van der Waals surface area contributed by atoms with Crippen molar-refractivity contribution in [3.05, 3.63) is 52.6 Å². The molecule has 0 radical (unpaired) electrons. The summed E-state index contributed by atoms with van der Waals surface area (Å²) in [4.78, 5) is 28.8. The smallest absolute Gasteiger partial charge is 0.299 e. The van der Waals surface area contributed by atoms with Crippen LogP contribution >= 0.6 is 0 Å². The average Bonchev–Trinajstić information content (AvgIpc) is 3.38. The van der Waals surface area contributed by atoms with Crippen LogP contribution in [0, 0.1) is 5.92 Å². The van der Waals surface area contributed by atoms with Crippen LogP contribution in [-0.2, 0) is 4.79 Å². The van der Waals surface area contributed by atoms with E-state index in [0.29, 0.717) is 11.6 Å². The van der Waals surface area contributed by atoms with Gasteiger partial charge >= 0.3 is 0 Å². The van der Waals surface area contributed by atoms with Crippen LogP contribution in [-0.4, -0.2) is 22.7 Å². The predicted molar refractivity (Wildman–Crippen MR) is 94.6 cm³/mol. The summed E-state index contributed by atoms with van der Waals surface area (Å²) in [6.07, 6.45) is 11.9. The number of hydrogen-bond acceptors (Lipinski definition) is 4. The molecule has 0 bridgehead atoms. The van der Waals surface area contributed by atoms with Gasteiger partial charge in [-0.05, 0) is 56.3 Å². The van der Waals surface area contributed by atoms with Gasteiger partial charge in [0.15, 0.2) is 5.69 Å². The van der Waals surface area contributed by atoms with E-state index in [1.54, 1.807) is 12.1 Å². The third kappa shape index (κ3) is 2.66. The summed E-state index contributed by atoms with van der Waals surface area (Å²) in [6.45, 7) is 0. The van der Waals surface area contributed by atoms with Gasteiger partial charge in [-0.15, -0.1) is 0 Å². The highest BCUT2D eigenvalue weighted by atomic mass is 16.5. The number of nitrogens with zero attached hydrogens (tertiary/aromatic N) is 2. The van der Waals surface area contributed by atoms with Crippen molar-refractivity contribution in [1.29, 1.82) is 0 Å². The average molecular weight is 349 g/mol. The Bertz CT molecular complexity index is 928. The molecule has 0 spiro atoms. The van der Waals surface area contributed by atoms with Crippen LogP contribution < -0.4 is 5.32 Å². The van der Waals surface area contributed by atoms with E-state index in [-0.39, 0.29) is 17.5 Å². The molecule has 132 valence electrons. The maximum atomic E-state index is 12.4. The van der Waals surface area contributed by atoms with Gasteiger partial charge in [-0.3, -0.25) is 9.59 Å². The van der Waals surface area contributed by atoms with E-state index >= 15 is 0 Å². The number of nitrogens with one attached hydrogen (secondary N) is 1. The van der Waals surface area contributed by atoms with Gasteiger partial charge in [0.2, 0.25) is 0 Å². The molecular formula is C20H19N3O3. The van der Waals surface area contributed by atoms with Crippen LogP contribution in [0.2, 0.25) is 0 Å². The van der Waals surface area contributed by atoms with Gasteiger partial charge in [0, 0.05) is 29.2 Å². The standard InChI is InChI=1S/C20H19N3O3/c24-19-15-4-2-1-3-13(15)14-8-7-12(9-16(14)22-19)21-20(25)17-10-18(26-23-17)11-5-6-11/h7-11,14H,1-6H2,(H,22,24). The molecular weight excluding hydrogens is 330 g/mol. The molecule has 1 aromatic heterocycles. The fraction of sp³-hybridized carbons (Fsp3) is 0.400. The number of aliphatic imine (C=N–C) groups is 1. The summed E-state index contributed by atoms with van der Waals surface area (Å²) in [5.74, 6) is 0.849. The molecule has 1 atom stereocenters. The second-order valence-corrected chi connectivity index (χ2v) is 7.33. The highest BCUT2D eigenvalue weighted by Gasteiger charge is 2.33. The SMILES string of the molecule is O=C1NC2=CC(=NC(=O)c3cc(C4CC4)on3)C=CC2C2=C1CCCC2. The third-order valence-corrected chi connectivity index (χ3v) is 5.47. The van der Waals surface area contributed by atoms with Crippen molar-refractivity contribution < 1.29 is 14.1 Å². The number of amides is 2. The molecule has 1 aromatic rings. The Labute approximate surface area is 150 Å². The van der Waals surface area contributed by atoms with Crippen LogP contribution in [0.4, 0.5) is 0 Å². The van der Waals surface area contributed by atoms with Gasteiger partial charge in [0.05, 0.1) is 5.71 Å². The monoisotopic (exact) mass is 349 g/mol. The van der Waals surface area contributed by atoms with E-state index < -0.39 is 5.91 Å². The Balaban J connectivity index is 1.40. The van der Waals surface area contributed by atoms with Crippen molar-refractivity contribution in [2.24, 2.45) is 10.9 Å². The number of hydrogen-bond donors (Lipinski definition) is 1. The Morgan fingerprint density at radius 2 is 2.12 bits per heavy atom. The predicted octanol–water partition coefficient (Wildman–Crippen LogP) is 3.20. The number of fused-ring (bicyclic) bond motifs is 2. The first-order chi connectivity index (χ1) is 12.7. The maximum Gasteiger partial charge on any atom is 0.299 e. The number of carbonyl (C=O) groups excluding carboxylic acids is 2. The zero-order chi connectivity index (χ0) is 17.7. The summed E-state index contributed by atoms with van der Waals surface area (Å²) in [6, 6.07) is 1.69. The van der Waals surface area contributed by atoms with E-state index in [2.05, 4.69) is 15.5 Å². The molecule has 2 heterocycles. The van der Waals surface area contributed by atoms with Crippen molar-refractivity contribution in [3.63, 3.8) is 0 Å². The van der Waals surface area contributed by atoms with Gasteiger partial charge in [0.25, 0.3) is 11.8 Å². The largest absolute Gasteiger partial charge is 0.360 e. The van der Waals surface area contributed by atoms with E-state index in [1.165, 1.54) is 5.57 Å². The third-order valence-electron chi connectivity index (χ3n) is 5.47. The molecule has 1 aliphatic heterocycles. The highest BCUT2D eigenvalue weighted by molar-refractivity contribution is 6.14. The number of allylic oxidation sites excluding steroid dienone is 3. The summed E-state index contributed by atoms with van der Waals surface area (Å²) in [5.41, 5.74) is 3.73. The first-order valence-electron chi connectivity index (χ1n) is 9.22. The lowest BCUT2D eigenvalue weighted by Crippen LogP contribution is -2.37. The molecule has 1 fully saturated rings. The molecule has 26 heavy (non-hydrogen) atoms. The minimum absolute atomic E-state index is 0.00578. The molecule has 2 amide bonds. The van der Waals surface area contributed by atoms with Crippen molar-refractivity contribution in [2.75, 3.05) is 0 Å². The molecule has 0 saturated heterocycles. The van der Waals surface area contributed by atoms with Crippen LogP contribution in [0.25, 0.3) is 0 Å². The lowest BCUT2D eigenvalue weighted by atomic mass is 9.77. The number of aromatic nitrogens is 1. The summed E-state index contributed by atoms with van der Waals surface area (Å²) >= 11 is 0. The van der Waals surface area contributed by atoms with Crippen molar-refractivity contribution in [1.82, 2.24) is 10.5 Å². The molecule has 1 saturated carbocycles. The lowest BCUT2D eigenvalue weighted by Gasteiger charge is -2.33. The molecule has 5 rings (SSSR count). The quantitative estimate of drug-likeness (QED) is 0.888. The summed E-state index contributed by atoms with van der Waals surface area (Å²) in [7, 11) is 0.